The third-order valence-corrected chi connectivity index (χ3v) is 4.79. The molecule has 1 fully saturated rings. The third-order valence-electron chi connectivity index (χ3n) is 4.56. The van der Waals surface area contributed by atoms with Gasteiger partial charge < -0.3 is 16.0 Å². The van der Waals surface area contributed by atoms with Gasteiger partial charge in [-0.25, -0.2) is 24.3 Å². The number of halogens is 2. The minimum absolute atomic E-state index is 0.0254. The van der Waals surface area contributed by atoms with Crippen molar-refractivity contribution in [1.29, 1.82) is 0 Å². The molecule has 0 unspecified atom stereocenters. The first kappa shape index (κ1) is 16.8. The van der Waals surface area contributed by atoms with E-state index in [0.717, 1.165) is 12.8 Å². The van der Waals surface area contributed by atoms with E-state index in [4.69, 9.17) is 28.1 Å². The fourth-order valence-corrected chi connectivity index (χ4v) is 3.39. The van der Waals surface area contributed by atoms with Crippen molar-refractivity contribution in [3.05, 3.63) is 41.3 Å². The highest BCUT2D eigenvalue weighted by Gasteiger charge is 2.31. The Bertz CT molecular complexity index is 1230. The molecular weight excluding hydrogens is 383 g/mol. The van der Waals surface area contributed by atoms with Gasteiger partial charge in [0.1, 0.15) is 22.7 Å². The number of nitrogens with two attached hydrogens (primary N) is 2. The molecule has 0 spiro atoms. The van der Waals surface area contributed by atoms with E-state index < -0.39 is 5.82 Å². The van der Waals surface area contributed by atoms with Crippen molar-refractivity contribution < 1.29 is 4.39 Å². The fourth-order valence-electron chi connectivity index (χ4n) is 3.22. The summed E-state index contributed by atoms with van der Waals surface area (Å²) in [6, 6.07) is 6.18. The van der Waals surface area contributed by atoms with E-state index in [1.165, 1.54) is 18.2 Å². The molecule has 1 saturated carbocycles. The standard InChI is InChI=1S/C18H14ClFN8/c19-8-1-4-11(20)10(7-8)13-14-16(27-18(22)26-13)28(9-2-3-9)15(25-14)12-5-6-23-17(21)24-12/h1,4-7,9H,2-3H2,(H2,21,23,24)(H2,22,26,27). The quantitative estimate of drug-likeness (QED) is 0.545. The molecule has 1 aliphatic rings. The van der Waals surface area contributed by atoms with Crippen LogP contribution in [0.3, 0.4) is 0 Å². The first-order chi connectivity index (χ1) is 13.5. The van der Waals surface area contributed by atoms with Gasteiger partial charge in [-0.15, -0.1) is 0 Å². The number of rotatable bonds is 3. The molecule has 4 N–H and O–H groups in total. The number of fused-ring (bicyclic) bond motifs is 1. The molecule has 3 heterocycles. The van der Waals surface area contributed by atoms with E-state index in [1.54, 1.807) is 12.3 Å². The van der Waals surface area contributed by atoms with Crippen LogP contribution in [0.2, 0.25) is 5.02 Å². The van der Waals surface area contributed by atoms with Gasteiger partial charge >= 0.3 is 0 Å². The molecule has 0 saturated heterocycles. The highest BCUT2D eigenvalue weighted by atomic mass is 35.5. The highest BCUT2D eigenvalue weighted by Crippen LogP contribution is 2.42. The van der Waals surface area contributed by atoms with Crippen LogP contribution in [-0.4, -0.2) is 29.5 Å². The Morgan fingerprint density at radius 2 is 1.86 bits per heavy atom. The van der Waals surface area contributed by atoms with Gasteiger partial charge in [0.2, 0.25) is 11.9 Å². The fraction of sp³-hybridized carbons (Fsp3) is 0.167. The summed E-state index contributed by atoms with van der Waals surface area (Å²) in [4.78, 5) is 21.5. The van der Waals surface area contributed by atoms with Crippen molar-refractivity contribution in [1.82, 2.24) is 29.5 Å². The Kier molecular flexibility index (Phi) is 3.66. The predicted octanol–water partition coefficient (Wildman–Crippen LogP) is 3.24. The van der Waals surface area contributed by atoms with Gasteiger partial charge in [-0.2, -0.15) is 4.98 Å². The number of hydrogen-bond donors (Lipinski definition) is 2. The second-order valence-electron chi connectivity index (χ2n) is 6.56. The summed E-state index contributed by atoms with van der Waals surface area (Å²) in [6.07, 6.45) is 3.51. The lowest BCUT2D eigenvalue weighted by molar-refractivity contribution is 0.631. The Morgan fingerprint density at radius 1 is 1.04 bits per heavy atom. The van der Waals surface area contributed by atoms with Crippen LogP contribution in [0.1, 0.15) is 18.9 Å². The molecule has 0 atom stereocenters. The second-order valence-corrected chi connectivity index (χ2v) is 7.00. The van der Waals surface area contributed by atoms with Gasteiger partial charge in [0.05, 0.1) is 0 Å². The normalized spacial score (nSPS) is 13.9. The van der Waals surface area contributed by atoms with Crippen LogP contribution in [0.5, 0.6) is 0 Å². The van der Waals surface area contributed by atoms with Crippen molar-refractivity contribution >= 4 is 34.7 Å². The topological polar surface area (TPSA) is 121 Å². The molecular formula is C18H14ClFN8. The van der Waals surface area contributed by atoms with Crippen molar-refractivity contribution in [3.8, 4) is 22.8 Å². The first-order valence-electron chi connectivity index (χ1n) is 8.61. The Labute approximate surface area is 163 Å². The molecule has 4 aromatic rings. The van der Waals surface area contributed by atoms with E-state index in [9.17, 15) is 4.39 Å². The van der Waals surface area contributed by atoms with Crippen molar-refractivity contribution in [3.63, 3.8) is 0 Å². The Balaban J connectivity index is 1.84. The monoisotopic (exact) mass is 396 g/mol. The van der Waals surface area contributed by atoms with E-state index >= 15 is 0 Å². The minimum Gasteiger partial charge on any atom is -0.368 e. The number of benzene rings is 1. The van der Waals surface area contributed by atoms with Crippen LogP contribution in [-0.2, 0) is 0 Å². The van der Waals surface area contributed by atoms with Crippen LogP contribution >= 0.6 is 11.6 Å². The van der Waals surface area contributed by atoms with E-state index in [0.29, 0.717) is 27.7 Å². The van der Waals surface area contributed by atoms with E-state index in [-0.39, 0.29) is 29.2 Å². The average Bonchev–Trinajstić information content (AvgIpc) is 3.43. The highest BCUT2D eigenvalue weighted by molar-refractivity contribution is 6.30. The maximum absolute atomic E-state index is 14.5. The van der Waals surface area contributed by atoms with Gasteiger partial charge in [0, 0.05) is 22.8 Å². The van der Waals surface area contributed by atoms with Gasteiger partial charge in [-0.1, -0.05) is 11.6 Å². The molecule has 0 amide bonds. The van der Waals surface area contributed by atoms with Gasteiger partial charge in [0.15, 0.2) is 11.5 Å². The molecule has 28 heavy (non-hydrogen) atoms. The largest absolute Gasteiger partial charge is 0.368 e. The first-order valence-corrected chi connectivity index (χ1v) is 8.99. The molecule has 0 radical (unpaired) electrons. The van der Waals surface area contributed by atoms with E-state index in [2.05, 4.69) is 19.9 Å². The Hall–Kier alpha value is -3.33. The van der Waals surface area contributed by atoms with Crippen molar-refractivity contribution in [2.75, 3.05) is 11.5 Å². The third kappa shape index (κ3) is 2.71. The van der Waals surface area contributed by atoms with Crippen LogP contribution in [0.15, 0.2) is 30.5 Å². The van der Waals surface area contributed by atoms with Crippen LogP contribution in [0.25, 0.3) is 33.9 Å². The summed E-state index contributed by atoms with van der Waals surface area (Å²) in [5.41, 5.74) is 13.7. The zero-order valence-corrected chi connectivity index (χ0v) is 15.2. The average molecular weight is 397 g/mol. The SMILES string of the molecule is Nc1nccc(-c2nc3c(-c4cc(Cl)ccc4F)nc(N)nc3n2C2CC2)n1. The smallest absolute Gasteiger partial charge is 0.222 e. The molecule has 1 aromatic carbocycles. The number of nitrogens with zero attached hydrogens (tertiary/aromatic N) is 6. The lowest BCUT2D eigenvalue weighted by Gasteiger charge is -2.08. The molecule has 0 aliphatic heterocycles. The predicted molar refractivity (Wildman–Crippen MR) is 104 cm³/mol. The summed E-state index contributed by atoms with van der Waals surface area (Å²) in [5, 5.41) is 0.382. The zero-order chi connectivity index (χ0) is 19.4. The maximum atomic E-state index is 14.5. The maximum Gasteiger partial charge on any atom is 0.222 e. The number of aromatic nitrogens is 6. The summed E-state index contributed by atoms with van der Waals surface area (Å²) >= 11 is 6.07. The molecule has 8 nitrogen and oxygen atoms in total. The number of nitrogen functional groups attached to an aromatic ring is 2. The van der Waals surface area contributed by atoms with Gasteiger partial charge in [0.25, 0.3) is 0 Å². The van der Waals surface area contributed by atoms with Crippen LogP contribution in [0.4, 0.5) is 16.3 Å². The zero-order valence-electron chi connectivity index (χ0n) is 14.5. The lowest BCUT2D eigenvalue weighted by atomic mass is 10.1. The number of imidazole rings is 1. The minimum atomic E-state index is -0.474. The van der Waals surface area contributed by atoms with E-state index in [1.807, 2.05) is 4.57 Å². The van der Waals surface area contributed by atoms with Crippen molar-refractivity contribution in [2.45, 2.75) is 18.9 Å². The second kappa shape index (κ2) is 6.10. The summed E-state index contributed by atoms with van der Waals surface area (Å²) < 4.78 is 16.5. The van der Waals surface area contributed by atoms with Gasteiger partial charge in [-0.3, -0.25) is 0 Å². The van der Waals surface area contributed by atoms with Crippen LogP contribution < -0.4 is 11.5 Å². The lowest BCUT2D eigenvalue weighted by Crippen LogP contribution is -2.04. The number of hydrogen-bond acceptors (Lipinski definition) is 7. The molecule has 10 heteroatoms. The number of anilines is 2. The molecule has 3 aromatic heterocycles. The van der Waals surface area contributed by atoms with Crippen molar-refractivity contribution in [2.24, 2.45) is 0 Å². The summed E-state index contributed by atoms with van der Waals surface area (Å²) in [6.45, 7) is 0. The molecule has 5 rings (SSSR count). The van der Waals surface area contributed by atoms with Crippen LogP contribution in [0, 0.1) is 5.82 Å². The van der Waals surface area contributed by atoms with Gasteiger partial charge in [-0.05, 0) is 37.1 Å². The molecule has 0 bridgehead atoms. The summed E-state index contributed by atoms with van der Waals surface area (Å²) in [5.74, 6) is 0.254. The summed E-state index contributed by atoms with van der Waals surface area (Å²) in [7, 11) is 0. The molecule has 140 valence electrons. The molecule has 1 aliphatic carbocycles. The Morgan fingerprint density at radius 3 is 2.61 bits per heavy atom.